The third-order valence-corrected chi connectivity index (χ3v) is 3.95. The number of halogens is 1. The lowest BCUT2D eigenvalue weighted by Crippen LogP contribution is -2.39. The number of urea groups is 1. The number of nitrogens with two attached hydrogens (primary N) is 1. The maximum absolute atomic E-state index is 12.3. The number of benzene rings is 1. The fraction of sp³-hybridized carbons (Fsp3) is 0.375. The standard InChI is InChI=1S/C16H20ClN3O3/c1-23-14-5-4-13(17)11-12(14)3-6-15(21)19-7-2-8-20(10-9-19)16(18)22/h3-6,11H,2,7-10H2,1H3,(H2,18,22)/b6-3+. The van der Waals surface area contributed by atoms with Crippen molar-refractivity contribution in [2.75, 3.05) is 33.3 Å². The molecule has 1 fully saturated rings. The first kappa shape index (κ1) is 17.1. The third-order valence-electron chi connectivity index (χ3n) is 3.72. The summed E-state index contributed by atoms with van der Waals surface area (Å²) in [5, 5.41) is 0.574. The van der Waals surface area contributed by atoms with Gasteiger partial charge in [-0.15, -0.1) is 0 Å². The highest BCUT2D eigenvalue weighted by atomic mass is 35.5. The van der Waals surface area contributed by atoms with E-state index in [9.17, 15) is 9.59 Å². The van der Waals surface area contributed by atoms with Crippen molar-refractivity contribution < 1.29 is 14.3 Å². The van der Waals surface area contributed by atoms with Gasteiger partial charge in [0, 0.05) is 42.8 Å². The van der Waals surface area contributed by atoms with Gasteiger partial charge in [0.15, 0.2) is 0 Å². The fourth-order valence-electron chi connectivity index (χ4n) is 2.46. The molecule has 0 radical (unpaired) electrons. The molecule has 0 spiro atoms. The minimum atomic E-state index is -0.446. The van der Waals surface area contributed by atoms with Crippen molar-refractivity contribution >= 4 is 29.6 Å². The quantitative estimate of drug-likeness (QED) is 0.857. The van der Waals surface area contributed by atoms with Crippen molar-refractivity contribution in [1.29, 1.82) is 0 Å². The second-order valence-electron chi connectivity index (χ2n) is 5.22. The molecule has 1 aliphatic rings. The first-order valence-corrected chi connectivity index (χ1v) is 7.74. The van der Waals surface area contributed by atoms with Crippen LogP contribution < -0.4 is 10.5 Å². The SMILES string of the molecule is COc1ccc(Cl)cc1/C=C/C(=O)N1CCCN(C(N)=O)CC1. The Hall–Kier alpha value is -2.21. The highest BCUT2D eigenvalue weighted by molar-refractivity contribution is 6.30. The molecule has 0 aromatic heterocycles. The number of amides is 3. The van der Waals surface area contributed by atoms with Gasteiger partial charge in [0.05, 0.1) is 7.11 Å². The summed E-state index contributed by atoms with van der Waals surface area (Å²) in [4.78, 5) is 26.8. The molecule has 0 unspecified atom stereocenters. The first-order chi connectivity index (χ1) is 11.0. The van der Waals surface area contributed by atoms with Crippen molar-refractivity contribution in [2.45, 2.75) is 6.42 Å². The lowest BCUT2D eigenvalue weighted by atomic mass is 10.2. The van der Waals surface area contributed by atoms with Gasteiger partial charge in [-0.3, -0.25) is 4.79 Å². The Kier molecular flexibility index (Phi) is 5.87. The molecule has 0 aliphatic carbocycles. The second-order valence-corrected chi connectivity index (χ2v) is 5.66. The molecule has 1 aromatic carbocycles. The van der Waals surface area contributed by atoms with E-state index in [-0.39, 0.29) is 5.91 Å². The molecule has 124 valence electrons. The van der Waals surface area contributed by atoms with Crippen molar-refractivity contribution in [2.24, 2.45) is 5.73 Å². The van der Waals surface area contributed by atoms with Gasteiger partial charge >= 0.3 is 6.03 Å². The number of primary amides is 1. The summed E-state index contributed by atoms with van der Waals surface area (Å²) in [5.74, 6) is 0.535. The van der Waals surface area contributed by atoms with E-state index in [1.807, 2.05) is 0 Å². The number of rotatable bonds is 3. The minimum absolute atomic E-state index is 0.113. The Balaban J connectivity index is 2.04. The molecule has 1 aliphatic heterocycles. The molecule has 2 N–H and O–H groups in total. The van der Waals surface area contributed by atoms with Crippen LogP contribution in [0.15, 0.2) is 24.3 Å². The van der Waals surface area contributed by atoms with Crippen molar-refractivity contribution in [3.05, 3.63) is 34.9 Å². The summed E-state index contributed by atoms with van der Waals surface area (Å²) in [7, 11) is 1.57. The molecular formula is C16H20ClN3O3. The van der Waals surface area contributed by atoms with Crippen LogP contribution in [-0.2, 0) is 4.79 Å². The average Bonchev–Trinajstić information content (AvgIpc) is 2.79. The zero-order valence-corrected chi connectivity index (χ0v) is 13.8. The van der Waals surface area contributed by atoms with Crippen LogP contribution >= 0.6 is 11.6 Å². The molecule has 6 nitrogen and oxygen atoms in total. The summed E-state index contributed by atoms with van der Waals surface area (Å²) in [6.45, 7) is 2.10. The van der Waals surface area contributed by atoms with Crippen LogP contribution in [-0.4, -0.2) is 55.0 Å². The van der Waals surface area contributed by atoms with E-state index < -0.39 is 6.03 Å². The van der Waals surface area contributed by atoms with Gasteiger partial charge in [-0.25, -0.2) is 4.79 Å². The monoisotopic (exact) mass is 337 g/mol. The Morgan fingerprint density at radius 2 is 1.91 bits per heavy atom. The molecule has 1 heterocycles. The Bertz CT molecular complexity index is 619. The van der Waals surface area contributed by atoms with E-state index in [1.165, 1.54) is 6.08 Å². The highest BCUT2D eigenvalue weighted by Gasteiger charge is 2.19. The van der Waals surface area contributed by atoms with Gasteiger partial charge in [0.1, 0.15) is 5.75 Å². The maximum atomic E-state index is 12.3. The number of methoxy groups -OCH3 is 1. The molecule has 1 aromatic rings. The van der Waals surface area contributed by atoms with Gasteiger partial charge in [0.25, 0.3) is 0 Å². The van der Waals surface area contributed by atoms with Crippen molar-refractivity contribution in [3.8, 4) is 5.75 Å². The Morgan fingerprint density at radius 3 is 2.61 bits per heavy atom. The molecule has 7 heteroatoms. The van der Waals surface area contributed by atoms with E-state index in [0.717, 1.165) is 5.56 Å². The number of carbonyl (C=O) groups excluding carboxylic acids is 2. The molecule has 3 amide bonds. The van der Waals surface area contributed by atoms with Crippen molar-refractivity contribution in [1.82, 2.24) is 9.80 Å². The van der Waals surface area contributed by atoms with E-state index in [4.69, 9.17) is 22.1 Å². The highest BCUT2D eigenvalue weighted by Crippen LogP contribution is 2.23. The third kappa shape index (κ3) is 4.63. The summed E-state index contributed by atoms with van der Waals surface area (Å²) in [6, 6.07) is 4.77. The van der Waals surface area contributed by atoms with Crippen LogP contribution in [0.1, 0.15) is 12.0 Å². The minimum Gasteiger partial charge on any atom is -0.496 e. The lowest BCUT2D eigenvalue weighted by molar-refractivity contribution is -0.125. The van der Waals surface area contributed by atoms with Gasteiger partial charge in [-0.1, -0.05) is 11.6 Å². The molecule has 2 rings (SSSR count). The Morgan fingerprint density at radius 1 is 1.22 bits per heavy atom. The normalized spacial score (nSPS) is 15.6. The van der Waals surface area contributed by atoms with Crippen LogP contribution in [0.3, 0.4) is 0 Å². The van der Waals surface area contributed by atoms with Crippen LogP contribution in [0.5, 0.6) is 5.75 Å². The second kappa shape index (κ2) is 7.87. The maximum Gasteiger partial charge on any atom is 0.314 e. The molecule has 23 heavy (non-hydrogen) atoms. The summed E-state index contributed by atoms with van der Waals surface area (Å²) >= 11 is 5.97. The van der Waals surface area contributed by atoms with Gasteiger partial charge in [-0.05, 0) is 30.7 Å². The van der Waals surface area contributed by atoms with Crippen molar-refractivity contribution in [3.63, 3.8) is 0 Å². The Labute approximate surface area is 140 Å². The zero-order valence-electron chi connectivity index (χ0n) is 13.0. The predicted octanol–water partition coefficient (Wildman–Crippen LogP) is 1.97. The van der Waals surface area contributed by atoms with E-state index in [2.05, 4.69) is 0 Å². The molecule has 0 saturated carbocycles. The largest absolute Gasteiger partial charge is 0.496 e. The number of hydrogen-bond donors (Lipinski definition) is 1. The van der Waals surface area contributed by atoms with Crippen LogP contribution in [0, 0.1) is 0 Å². The van der Waals surface area contributed by atoms with Gasteiger partial charge in [-0.2, -0.15) is 0 Å². The van der Waals surface area contributed by atoms with E-state index in [1.54, 1.807) is 41.2 Å². The molecule has 0 atom stereocenters. The smallest absolute Gasteiger partial charge is 0.314 e. The fourth-order valence-corrected chi connectivity index (χ4v) is 2.64. The number of nitrogens with zero attached hydrogens (tertiary/aromatic N) is 2. The summed E-state index contributed by atoms with van der Waals surface area (Å²) in [5.41, 5.74) is 6.02. The summed E-state index contributed by atoms with van der Waals surface area (Å²) < 4.78 is 5.25. The van der Waals surface area contributed by atoms with Crippen LogP contribution in [0.4, 0.5) is 4.79 Å². The van der Waals surface area contributed by atoms with Crippen LogP contribution in [0.25, 0.3) is 6.08 Å². The number of ether oxygens (including phenoxy) is 1. The van der Waals surface area contributed by atoms with E-state index in [0.29, 0.717) is 43.4 Å². The number of carbonyl (C=O) groups is 2. The lowest BCUT2D eigenvalue weighted by Gasteiger charge is -2.19. The van der Waals surface area contributed by atoms with Gasteiger partial charge in [0.2, 0.25) is 5.91 Å². The summed E-state index contributed by atoms with van der Waals surface area (Å²) in [6.07, 6.45) is 3.89. The molecule has 1 saturated heterocycles. The predicted molar refractivity (Wildman–Crippen MR) is 89.4 cm³/mol. The average molecular weight is 338 g/mol. The topological polar surface area (TPSA) is 75.9 Å². The van der Waals surface area contributed by atoms with E-state index >= 15 is 0 Å². The zero-order chi connectivity index (χ0) is 16.8. The van der Waals surface area contributed by atoms with Gasteiger partial charge < -0.3 is 20.3 Å². The first-order valence-electron chi connectivity index (χ1n) is 7.36. The number of hydrogen-bond acceptors (Lipinski definition) is 3. The van der Waals surface area contributed by atoms with Crippen LogP contribution in [0.2, 0.25) is 5.02 Å². The molecular weight excluding hydrogens is 318 g/mol. The molecule has 0 bridgehead atoms.